The second-order valence-corrected chi connectivity index (χ2v) is 18.0. The standard InChI is InChI=1S/C67H45N/c1-5-21-47(22-6-1)65-61-34-16-15-32-57(61)58-40-37-51(44-62(58)66(65)48-23-7-2-8-24-48)50-26-19-31-54(43-50)68(55-38-36-46-20-13-14-25-49(46)42-55)56-39-41-60-59-33-17-18-35-63(59)67(64(60)45-56,52-27-9-3-10-28-52)53-29-11-4-12-30-53/h1-45H. The van der Waals surface area contributed by atoms with E-state index in [9.17, 15) is 0 Å². The van der Waals surface area contributed by atoms with Gasteiger partial charge in [0.1, 0.15) is 0 Å². The predicted octanol–water partition coefficient (Wildman–Crippen LogP) is 18.0. The highest BCUT2D eigenvalue weighted by molar-refractivity contribution is 6.22. The Hall–Kier alpha value is -8.78. The van der Waals surface area contributed by atoms with Crippen molar-refractivity contribution < 1.29 is 0 Å². The van der Waals surface area contributed by atoms with Gasteiger partial charge in [-0.05, 0) is 142 Å². The zero-order chi connectivity index (χ0) is 45.0. The number of benzene rings is 12. The van der Waals surface area contributed by atoms with E-state index in [2.05, 4.69) is 278 Å². The van der Waals surface area contributed by atoms with E-state index in [-0.39, 0.29) is 0 Å². The molecule has 0 spiro atoms. The minimum Gasteiger partial charge on any atom is -0.310 e. The van der Waals surface area contributed by atoms with E-state index in [1.54, 1.807) is 0 Å². The number of nitrogens with zero attached hydrogens (tertiary/aromatic N) is 1. The average molecular weight is 864 g/mol. The molecule has 1 aliphatic rings. The van der Waals surface area contributed by atoms with E-state index >= 15 is 0 Å². The van der Waals surface area contributed by atoms with Crippen LogP contribution in [0.25, 0.3) is 76.8 Å². The second kappa shape index (κ2) is 16.3. The summed E-state index contributed by atoms with van der Waals surface area (Å²) < 4.78 is 0. The van der Waals surface area contributed by atoms with Crippen LogP contribution in [0.5, 0.6) is 0 Å². The van der Waals surface area contributed by atoms with Crippen molar-refractivity contribution in [1.82, 2.24) is 0 Å². The Labute approximate surface area is 397 Å². The summed E-state index contributed by atoms with van der Waals surface area (Å²) in [6.07, 6.45) is 0. The molecule has 12 aromatic carbocycles. The van der Waals surface area contributed by atoms with Gasteiger partial charge in [-0.3, -0.25) is 0 Å². The Kier molecular flexibility index (Phi) is 9.47. The summed E-state index contributed by atoms with van der Waals surface area (Å²) in [5, 5.41) is 7.41. The molecule has 12 aromatic rings. The first-order chi connectivity index (χ1) is 33.7. The summed E-state index contributed by atoms with van der Waals surface area (Å²) >= 11 is 0. The molecule has 13 rings (SSSR count). The summed E-state index contributed by atoms with van der Waals surface area (Å²) in [6.45, 7) is 0. The van der Waals surface area contributed by atoms with Crippen LogP contribution in [0.15, 0.2) is 273 Å². The van der Waals surface area contributed by atoms with Gasteiger partial charge in [0.05, 0.1) is 5.41 Å². The highest BCUT2D eigenvalue weighted by Gasteiger charge is 2.46. The fraction of sp³-hybridized carbons (Fsp3) is 0.0149. The third-order valence-electron chi connectivity index (χ3n) is 14.3. The van der Waals surface area contributed by atoms with Crippen LogP contribution in [0.1, 0.15) is 22.3 Å². The van der Waals surface area contributed by atoms with Gasteiger partial charge in [-0.1, -0.05) is 231 Å². The minimum atomic E-state index is -0.522. The molecule has 0 radical (unpaired) electrons. The van der Waals surface area contributed by atoms with E-state index in [0.29, 0.717) is 0 Å². The quantitative estimate of drug-likeness (QED) is 0.138. The fourth-order valence-electron chi connectivity index (χ4n) is 11.3. The molecule has 1 nitrogen and oxygen atoms in total. The monoisotopic (exact) mass is 863 g/mol. The van der Waals surface area contributed by atoms with E-state index in [1.807, 2.05) is 0 Å². The molecule has 318 valence electrons. The lowest BCUT2D eigenvalue weighted by Crippen LogP contribution is -2.28. The maximum Gasteiger partial charge on any atom is 0.0714 e. The highest BCUT2D eigenvalue weighted by atomic mass is 15.1. The molecule has 0 aromatic heterocycles. The Morgan fingerprint density at radius 2 is 0.750 bits per heavy atom. The third-order valence-corrected chi connectivity index (χ3v) is 14.3. The first-order valence-corrected chi connectivity index (χ1v) is 23.6. The van der Waals surface area contributed by atoms with Crippen LogP contribution in [-0.4, -0.2) is 0 Å². The third kappa shape index (κ3) is 6.32. The largest absolute Gasteiger partial charge is 0.310 e. The zero-order valence-electron chi connectivity index (χ0n) is 37.4. The van der Waals surface area contributed by atoms with Crippen molar-refractivity contribution in [3.8, 4) is 44.5 Å². The molecule has 0 saturated carbocycles. The van der Waals surface area contributed by atoms with Gasteiger partial charge >= 0.3 is 0 Å². The summed E-state index contributed by atoms with van der Waals surface area (Å²) in [5.74, 6) is 0. The van der Waals surface area contributed by atoms with E-state index in [4.69, 9.17) is 0 Å². The van der Waals surface area contributed by atoms with Crippen LogP contribution in [0, 0.1) is 0 Å². The van der Waals surface area contributed by atoms with Gasteiger partial charge in [-0.25, -0.2) is 0 Å². The molecule has 0 N–H and O–H groups in total. The summed E-state index contributed by atoms with van der Waals surface area (Å²) in [7, 11) is 0. The van der Waals surface area contributed by atoms with Gasteiger partial charge in [0.15, 0.2) is 0 Å². The molecule has 0 bridgehead atoms. The van der Waals surface area contributed by atoms with E-state index in [1.165, 1.54) is 93.5 Å². The van der Waals surface area contributed by atoms with Crippen molar-refractivity contribution in [2.45, 2.75) is 5.41 Å². The smallest absolute Gasteiger partial charge is 0.0714 e. The van der Waals surface area contributed by atoms with Crippen molar-refractivity contribution in [2.24, 2.45) is 0 Å². The lowest BCUT2D eigenvalue weighted by atomic mass is 9.67. The summed E-state index contributed by atoms with van der Waals surface area (Å²) in [6, 6.07) is 101. The summed E-state index contributed by atoms with van der Waals surface area (Å²) in [5.41, 5.74) is 17.6. The van der Waals surface area contributed by atoms with Crippen LogP contribution >= 0.6 is 0 Å². The normalized spacial score (nSPS) is 12.5. The van der Waals surface area contributed by atoms with Crippen LogP contribution in [0.3, 0.4) is 0 Å². The molecular weight excluding hydrogens is 819 g/mol. The molecule has 0 heterocycles. The number of rotatable bonds is 8. The highest BCUT2D eigenvalue weighted by Crippen LogP contribution is 2.57. The maximum absolute atomic E-state index is 2.47. The van der Waals surface area contributed by atoms with E-state index in [0.717, 1.165) is 22.6 Å². The van der Waals surface area contributed by atoms with Crippen LogP contribution < -0.4 is 4.90 Å². The number of fused-ring (bicyclic) bond motifs is 7. The lowest BCUT2D eigenvalue weighted by molar-refractivity contribution is 0.768. The molecule has 0 fully saturated rings. The Morgan fingerprint density at radius 1 is 0.250 bits per heavy atom. The van der Waals surface area contributed by atoms with Gasteiger partial charge in [0, 0.05) is 17.1 Å². The van der Waals surface area contributed by atoms with Crippen molar-refractivity contribution in [1.29, 1.82) is 0 Å². The van der Waals surface area contributed by atoms with Gasteiger partial charge in [-0.15, -0.1) is 0 Å². The van der Waals surface area contributed by atoms with Gasteiger partial charge in [0.25, 0.3) is 0 Å². The van der Waals surface area contributed by atoms with Crippen LogP contribution in [-0.2, 0) is 5.41 Å². The topological polar surface area (TPSA) is 3.24 Å². The lowest BCUT2D eigenvalue weighted by Gasteiger charge is -2.35. The van der Waals surface area contributed by atoms with Crippen LogP contribution in [0.4, 0.5) is 17.1 Å². The van der Waals surface area contributed by atoms with Crippen molar-refractivity contribution in [2.75, 3.05) is 4.90 Å². The summed E-state index contributed by atoms with van der Waals surface area (Å²) in [4.78, 5) is 2.46. The number of hydrogen-bond acceptors (Lipinski definition) is 1. The van der Waals surface area contributed by atoms with Gasteiger partial charge in [0.2, 0.25) is 0 Å². The Bertz CT molecular complexity index is 3800. The maximum atomic E-state index is 2.47. The van der Waals surface area contributed by atoms with E-state index < -0.39 is 5.41 Å². The zero-order valence-corrected chi connectivity index (χ0v) is 37.4. The molecule has 0 atom stereocenters. The molecule has 0 unspecified atom stereocenters. The number of anilines is 3. The molecule has 0 saturated heterocycles. The predicted molar refractivity (Wildman–Crippen MR) is 287 cm³/mol. The average Bonchev–Trinajstić information content (AvgIpc) is 3.72. The molecule has 0 aliphatic heterocycles. The molecular formula is C67H45N. The van der Waals surface area contributed by atoms with Gasteiger partial charge in [-0.2, -0.15) is 0 Å². The minimum absolute atomic E-state index is 0.522. The van der Waals surface area contributed by atoms with Crippen LogP contribution in [0.2, 0.25) is 0 Å². The first-order valence-electron chi connectivity index (χ1n) is 23.6. The molecule has 1 aliphatic carbocycles. The molecule has 1 heteroatoms. The first kappa shape index (κ1) is 39.6. The molecule has 68 heavy (non-hydrogen) atoms. The van der Waals surface area contributed by atoms with Crippen molar-refractivity contribution in [3.63, 3.8) is 0 Å². The van der Waals surface area contributed by atoms with Crippen molar-refractivity contribution in [3.05, 3.63) is 295 Å². The second-order valence-electron chi connectivity index (χ2n) is 18.0. The SMILES string of the molecule is c1ccc(-c2c(-c3ccccc3)c3cc(-c4cccc(N(c5ccc6c(c5)C(c5ccccc5)(c5ccccc5)c5ccccc5-6)c5ccc6ccccc6c5)c4)ccc3c3ccccc23)cc1. The Morgan fingerprint density at radius 3 is 1.47 bits per heavy atom. The van der Waals surface area contributed by atoms with Crippen molar-refractivity contribution >= 4 is 49.4 Å². The fourth-order valence-corrected chi connectivity index (χ4v) is 11.3. The Balaban J connectivity index is 1.04. The molecule has 0 amide bonds. The van der Waals surface area contributed by atoms with Gasteiger partial charge < -0.3 is 4.90 Å². The number of hydrogen-bond donors (Lipinski definition) is 0.